The summed E-state index contributed by atoms with van der Waals surface area (Å²) in [4.78, 5) is 11.7. The van der Waals surface area contributed by atoms with Gasteiger partial charge in [-0.25, -0.2) is 4.98 Å². The Morgan fingerprint density at radius 3 is 2.88 bits per heavy atom. The van der Waals surface area contributed by atoms with Crippen molar-refractivity contribution in [2.24, 2.45) is 0 Å². The lowest BCUT2D eigenvalue weighted by Gasteiger charge is -2.05. The zero-order chi connectivity index (χ0) is 11.0. The molecule has 0 saturated carbocycles. The van der Waals surface area contributed by atoms with Crippen LogP contribution in [0.3, 0.4) is 0 Å². The minimum atomic E-state index is 1.01. The van der Waals surface area contributed by atoms with E-state index in [1.54, 1.807) is 6.33 Å². The summed E-state index contributed by atoms with van der Waals surface area (Å²) in [7, 11) is 0. The molecule has 16 heavy (non-hydrogen) atoms. The zero-order valence-corrected chi connectivity index (χ0v) is 8.94. The van der Waals surface area contributed by atoms with E-state index in [0.717, 1.165) is 27.9 Å². The van der Waals surface area contributed by atoms with Crippen LogP contribution in [0.5, 0.6) is 0 Å². The first-order chi connectivity index (χ1) is 7.84. The second kappa shape index (κ2) is 3.45. The average Bonchev–Trinajstić information content (AvgIpc) is 2.81. The van der Waals surface area contributed by atoms with Gasteiger partial charge in [0.15, 0.2) is 0 Å². The fourth-order valence-corrected chi connectivity index (χ4v) is 1.89. The first-order valence-corrected chi connectivity index (χ1v) is 5.20. The number of hydrogen-bond acceptors (Lipinski definition) is 2. The number of fused-ring (bicyclic) bond motifs is 1. The molecule has 0 fully saturated rings. The van der Waals surface area contributed by atoms with Gasteiger partial charge in [0.25, 0.3) is 0 Å². The van der Waals surface area contributed by atoms with Gasteiger partial charge in [0.05, 0.1) is 23.7 Å². The minimum Gasteiger partial charge on any atom is -0.345 e. The van der Waals surface area contributed by atoms with Crippen molar-refractivity contribution in [1.82, 2.24) is 15.0 Å². The summed E-state index contributed by atoms with van der Waals surface area (Å²) >= 11 is 0. The van der Waals surface area contributed by atoms with Gasteiger partial charge in [0.1, 0.15) is 0 Å². The zero-order valence-electron chi connectivity index (χ0n) is 8.94. The van der Waals surface area contributed by atoms with Gasteiger partial charge in [-0.15, -0.1) is 0 Å². The van der Waals surface area contributed by atoms with Crippen LogP contribution in [-0.4, -0.2) is 15.0 Å². The lowest BCUT2D eigenvalue weighted by molar-refractivity contribution is 1.24. The lowest BCUT2D eigenvalue weighted by atomic mass is 10.1. The highest BCUT2D eigenvalue weighted by atomic mass is 14.9. The predicted molar refractivity (Wildman–Crippen MR) is 64.1 cm³/mol. The Morgan fingerprint density at radius 2 is 2.06 bits per heavy atom. The van der Waals surface area contributed by atoms with Crippen molar-refractivity contribution >= 4 is 10.9 Å². The van der Waals surface area contributed by atoms with Crippen molar-refractivity contribution in [3.8, 4) is 11.3 Å². The van der Waals surface area contributed by atoms with Crippen LogP contribution in [0.2, 0.25) is 0 Å². The monoisotopic (exact) mass is 209 g/mol. The van der Waals surface area contributed by atoms with Crippen LogP contribution in [0.25, 0.3) is 22.2 Å². The average molecular weight is 209 g/mol. The molecular weight excluding hydrogens is 198 g/mol. The number of nitrogens with zero attached hydrogens (tertiary/aromatic N) is 2. The van der Waals surface area contributed by atoms with Crippen molar-refractivity contribution in [3.05, 3.63) is 48.5 Å². The summed E-state index contributed by atoms with van der Waals surface area (Å²) < 4.78 is 0. The smallest absolute Gasteiger partial charge is 0.0924 e. The standard InChI is InChI=1S/C13H11N3/c1-9-11(13-7-14-8-15-13)6-10-4-2-3-5-12(10)16-9/h2-8H,1H3,(H,14,15). The molecule has 0 atom stereocenters. The van der Waals surface area contributed by atoms with Crippen molar-refractivity contribution in [2.45, 2.75) is 6.92 Å². The van der Waals surface area contributed by atoms with Gasteiger partial charge in [-0.05, 0) is 19.1 Å². The quantitative estimate of drug-likeness (QED) is 0.669. The Labute approximate surface area is 93.2 Å². The summed E-state index contributed by atoms with van der Waals surface area (Å²) in [5.41, 5.74) is 4.16. The molecule has 0 aliphatic heterocycles. The maximum absolute atomic E-state index is 4.58. The predicted octanol–water partition coefficient (Wildman–Crippen LogP) is 2.93. The number of aryl methyl sites for hydroxylation is 1. The Kier molecular flexibility index (Phi) is 1.96. The number of pyridine rings is 1. The Morgan fingerprint density at radius 1 is 1.19 bits per heavy atom. The van der Waals surface area contributed by atoms with Gasteiger partial charge in [0.2, 0.25) is 0 Å². The fourth-order valence-electron chi connectivity index (χ4n) is 1.89. The number of aromatic nitrogens is 3. The number of aromatic amines is 1. The van der Waals surface area contributed by atoms with E-state index < -0.39 is 0 Å². The molecule has 3 nitrogen and oxygen atoms in total. The van der Waals surface area contributed by atoms with Crippen LogP contribution < -0.4 is 0 Å². The summed E-state index contributed by atoms with van der Waals surface area (Å²) in [5.74, 6) is 0. The summed E-state index contributed by atoms with van der Waals surface area (Å²) in [6, 6.07) is 10.3. The van der Waals surface area contributed by atoms with E-state index in [9.17, 15) is 0 Å². The van der Waals surface area contributed by atoms with Crippen molar-refractivity contribution in [1.29, 1.82) is 0 Å². The Hall–Kier alpha value is -2.16. The normalized spacial score (nSPS) is 10.8. The molecule has 2 aromatic heterocycles. The van der Waals surface area contributed by atoms with Gasteiger partial charge in [-0.3, -0.25) is 4.98 Å². The molecule has 1 aromatic carbocycles. The molecule has 78 valence electrons. The van der Waals surface area contributed by atoms with Crippen molar-refractivity contribution in [3.63, 3.8) is 0 Å². The molecule has 0 amide bonds. The second-order valence-electron chi connectivity index (χ2n) is 3.78. The number of rotatable bonds is 1. The number of hydrogen-bond donors (Lipinski definition) is 1. The van der Waals surface area contributed by atoms with Crippen LogP contribution >= 0.6 is 0 Å². The molecule has 0 aliphatic carbocycles. The number of nitrogens with one attached hydrogen (secondary N) is 1. The molecule has 0 unspecified atom stereocenters. The summed E-state index contributed by atoms with van der Waals surface area (Å²) in [6.45, 7) is 2.02. The highest BCUT2D eigenvalue weighted by Gasteiger charge is 2.05. The van der Waals surface area contributed by atoms with Crippen LogP contribution in [0.15, 0.2) is 42.9 Å². The molecule has 2 heterocycles. The first kappa shape index (κ1) is 9.09. The van der Waals surface area contributed by atoms with Crippen LogP contribution in [0.1, 0.15) is 5.69 Å². The third-order valence-corrected chi connectivity index (χ3v) is 2.70. The third kappa shape index (κ3) is 1.37. The maximum atomic E-state index is 4.58. The molecule has 0 radical (unpaired) electrons. The molecule has 1 N–H and O–H groups in total. The van der Waals surface area contributed by atoms with Crippen molar-refractivity contribution < 1.29 is 0 Å². The number of para-hydroxylation sites is 1. The van der Waals surface area contributed by atoms with Crippen LogP contribution in [-0.2, 0) is 0 Å². The maximum Gasteiger partial charge on any atom is 0.0924 e. The molecule has 0 saturated heterocycles. The van der Waals surface area contributed by atoms with Gasteiger partial charge >= 0.3 is 0 Å². The number of imidazole rings is 1. The SMILES string of the molecule is Cc1nc2ccccc2cc1-c1cnc[nH]1. The number of H-pyrrole nitrogens is 1. The van der Waals surface area contributed by atoms with Gasteiger partial charge in [0, 0.05) is 16.6 Å². The van der Waals surface area contributed by atoms with E-state index in [4.69, 9.17) is 0 Å². The van der Waals surface area contributed by atoms with E-state index in [1.807, 2.05) is 31.3 Å². The lowest BCUT2D eigenvalue weighted by Crippen LogP contribution is -1.89. The molecule has 0 spiro atoms. The topological polar surface area (TPSA) is 41.6 Å². The second-order valence-corrected chi connectivity index (χ2v) is 3.78. The van der Waals surface area contributed by atoms with E-state index in [2.05, 4.69) is 27.1 Å². The number of benzene rings is 1. The molecule has 3 heteroatoms. The minimum absolute atomic E-state index is 1.01. The summed E-state index contributed by atoms with van der Waals surface area (Å²) in [5, 5.41) is 1.15. The summed E-state index contributed by atoms with van der Waals surface area (Å²) in [6.07, 6.45) is 3.50. The molecule has 0 aliphatic rings. The van der Waals surface area contributed by atoms with E-state index in [0.29, 0.717) is 0 Å². The van der Waals surface area contributed by atoms with Gasteiger partial charge in [-0.2, -0.15) is 0 Å². The van der Waals surface area contributed by atoms with E-state index >= 15 is 0 Å². The van der Waals surface area contributed by atoms with Gasteiger partial charge < -0.3 is 4.98 Å². The fraction of sp³-hybridized carbons (Fsp3) is 0.0769. The van der Waals surface area contributed by atoms with E-state index in [-0.39, 0.29) is 0 Å². The molecular formula is C13H11N3. The van der Waals surface area contributed by atoms with Crippen LogP contribution in [0, 0.1) is 6.92 Å². The highest BCUT2D eigenvalue weighted by Crippen LogP contribution is 2.23. The Bertz CT molecular complexity index is 627. The molecule has 3 rings (SSSR count). The first-order valence-electron chi connectivity index (χ1n) is 5.20. The van der Waals surface area contributed by atoms with Gasteiger partial charge in [-0.1, -0.05) is 18.2 Å². The van der Waals surface area contributed by atoms with E-state index in [1.165, 1.54) is 0 Å². The molecule has 0 bridgehead atoms. The largest absolute Gasteiger partial charge is 0.345 e. The third-order valence-electron chi connectivity index (χ3n) is 2.70. The highest BCUT2D eigenvalue weighted by molar-refractivity contribution is 5.83. The Balaban J connectivity index is 2.30. The molecule has 3 aromatic rings. The van der Waals surface area contributed by atoms with Crippen molar-refractivity contribution in [2.75, 3.05) is 0 Å². The van der Waals surface area contributed by atoms with Crippen LogP contribution in [0.4, 0.5) is 0 Å².